The van der Waals surface area contributed by atoms with Gasteiger partial charge in [-0.25, -0.2) is 4.68 Å². The average Bonchev–Trinajstić information content (AvgIpc) is 2.92. The van der Waals surface area contributed by atoms with Crippen LogP contribution < -0.4 is 5.73 Å². The molecule has 0 radical (unpaired) electrons. The molecule has 0 saturated heterocycles. The van der Waals surface area contributed by atoms with Crippen LogP contribution in [0.25, 0.3) is 11.4 Å². The first kappa shape index (κ1) is 14.0. The molecule has 1 aliphatic carbocycles. The van der Waals surface area contributed by atoms with Crippen LogP contribution in [0, 0.1) is 5.41 Å². The van der Waals surface area contributed by atoms with Gasteiger partial charge in [0.05, 0.1) is 12.1 Å². The summed E-state index contributed by atoms with van der Waals surface area (Å²) in [5, 5.41) is 12.2. The smallest absolute Gasteiger partial charge is 0.184 e. The number of anilines is 1. The molecule has 0 aliphatic heterocycles. The van der Waals surface area contributed by atoms with Crippen LogP contribution in [0.2, 0.25) is 0 Å². The highest BCUT2D eigenvalue weighted by Crippen LogP contribution is 2.51. The van der Waals surface area contributed by atoms with E-state index in [0.29, 0.717) is 5.69 Å². The van der Waals surface area contributed by atoms with Crippen molar-refractivity contribution < 1.29 is 4.74 Å². The Balaban J connectivity index is 1.93. The van der Waals surface area contributed by atoms with Crippen molar-refractivity contribution in [2.24, 2.45) is 5.41 Å². The summed E-state index contributed by atoms with van der Waals surface area (Å²) in [4.78, 5) is 0. The van der Waals surface area contributed by atoms with E-state index in [-0.39, 0.29) is 17.6 Å². The molecule has 1 saturated carbocycles. The Hall–Kier alpha value is -1.95. The summed E-state index contributed by atoms with van der Waals surface area (Å²) in [7, 11) is 0. The molecule has 2 N–H and O–H groups in total. The Bertz CT molecular complexity index is 636. The average molecular weight is 287 g/mol. The van der Waals surface area contributed by atoms with Crippen molar-refractivity contribution in [3.63, 3.8) is 0 Å². The molecular weight excluding hydrogens is 266 g/mol. The van der Waals surface area contributed by atoms with Gasteiger partial charge in [0.2, 0.25) is 0 Å². The van der Waals surface area contributed by atoms with Crippen LogP contribution in [0.5, 0.6) is 0 Å². The van der Waals surface area contributed by atoms with Gasteiger partial charge in [0.15, 0.2) is 5.82 Å². The van der Waals surface area contributed by atoms with E-state index < -0.39 is 0 Å². The van der Waals surface area contributed by atoms with Gasteiger partial charge in [0, 0.05) is 23.3 Å². The molecule has 2 aromatic rings. The van der Waals surface area contributed by atoms with Gasteiger partial charge >= 0.3 is 0 Å². The van der Waals surface area contributed by atoms with Crippen molar-refractivity contribution in [1.82, 2.24) is 20.2 Å². The third kappa shape index (κ3) is 2.19. The minimum Gasteiger partial charge on any atom is -0.398 e. The molecule has 0 spiro atoms. The number of nitrogens with two attached hydrogens (primary N) is 1. The Morgan fingerprint density at radius 2 is 2.14 bits per heavy atom. The fraction of sp³-hybridized carbons (Fsp3) is 0.533. The molecule has 21 heavy (non-hydrogen) atoms. The Morgan fingerprint density at radius 3 is 2.81 bits per heavy atom. The second-order valence-electron chi connectivity index (χ2n) is 6.05. The highest BCUT2D eigenvalue weighted by molar-refractivity contribution is 5.71. The largest absolute Gasteiger partial charge is 0.398 e. The number of rotatable bonds is 4. The summed E-state index contributed by atoms with van der Waals surface area (Å²) in [5.41, 5.74) is 7.61. The van der Waals surface area contributed by atoms with Crippen LogP contribution in [0.15, 0.2) is 24.3 Å². The first-order valence-corrected chi connectivity index (χ1v) is 7.30. The van der Waals surface area contributed by atoms with E-state index in [4.69, 9.17) is 10.5 Å². The standard InChI is InChI=1S/C15H21N5O/c1-4-21-13-9-12(15(13,2)3)20-14(17-18-19-20)10-7-5-6-8-11(10)16/h5-8,12-13H,4,9,16H2,1-3H3. The number of hydrogen-bond donors (Lipinski definition) is 1. The molecule has 6 nitrogen and oxygen atoms in total. The molecule has 1 fully saturated rings. The number of nitrogens with zero attached hydrogens (tertiary/aromatic N) is 4. The van der Waals surface area contributed by atoms with Gasteiger partial charge in [0.1, 0.15) is 0 Å². The third-order valence-electron chi connectivity index (χ3n) is 4.48. The molecule has 2 unspecified atom stereocenters. The molecule has 2 atom stereocenters. The van der Waals surface area contributed by atoms with Gasteiger partial charge in [-0.05, 0) is 35.9 Å². The van der Waals surface area contributed by atoms with Gasteiger partial charge in [-0.1, -0.05) is 26.0 Å². The van der Waals surface area contributed by atoms with Crippen LogP contribution in [0.3, 0.4) is 0 Å². The fourth-order valence-corrected chi connectivity index (χ4v) is 3.04. The quantitative estimate of drug-likeness (QED) is 0.873. The fourth-order valence-electron chi connectivity index (χ4n) is 3.04. The molecule has 0 bridgehead atoms. The van der Waals surface area contributed by atoms with E-state index in [9.17, 15) is 0 Å². The first-order chi connectivity index (χ1) is 10.1. The molecule has 1 aromatic heterocycles. The Morgan fingerprint density at radius 1 is 1.38 bits per heavy atom. The number of ether oxygens (including phenoxy) is 1. The topological polar surface area (TPSA) is 78.8 Å². The van der Waals surface area contributed by atoms with Crippen LogP contribution in [-0.2, 0) is 4.74 Å². The number of nitrogen functional groups attached to an aromatic ring is 1. The maximum Gasteiger partial charge on any atom is 0.184 e. The maximum atomic E-state index is 6.05. The van der Waals surface area contributed by atoms with Crippen molar-refractivity contribution in [1.29, 1.82) is 0 Å². The lowest BCUT2D eigenvalue weighted by atomic mass is 9.64. The second kappa shape index (κ2) is 5.11. The highest BCUT2D eigenvalue weighted by atomic mass is 16.5. The van der Waals surface area contributed by atoms with Crippen LogP contribution in [-0.4, -0.2) is 32.9 Å². The number of para-hydroxylation sites is 1. The SMILES string of the molecule is CCOC1CC(n2nnnc2-c2ccccc2N)C1(C)C. The zero-order valence-electron chi connectivity index (χ0n) is 12.7. The molecule has 112 valence electrons. The van der Waals surface area contributed by atoms with E-state index in [1.54, 1.807) is 0 Å². The van der Waals surface area contributed by atoms with Gasteiger partial charge in [-0.3, -0.25) is 0 Å². The summed E-state index contributed by atoms with van der Waals surface area (Å²) in [5.74, 6) is 0.723. The van der Waals surface area contributed by atoms with Crippen molar-refractivity contribution in [3.05, 3.63) is 24.3 Å². The Kier molecular flexibility index (Phi) is 3.41. The molecule has 1 aliphatic rings. The van der Waals surface area contributed by atoms with Crippen molar-refractivity contribution in [2.45, 2.75) is 39.3 Å². The summed E-state index contributed by atoms with van der Waals surface area (Å²) >= 11 is 0. The lowest BCUT2D eigenvalue weighted by molar-refractivity contribution is -0.130. The summed E-state index contributed by atoms with van der Waals surface area (Å²) in [6, 6.07) is 7.89. The maximum absolute atomic E-state index is 6.05. The third-order valence-corrected chi connectivity index (χ3v) is 4.48. The first-order valence-electron chi connectivity index (χ1n) is 7.30. The van der Waals surface area contributed by atoms with Crippen molar-refractivity contribution in [3.8, 4) is 11.4 Å². The normalized spacial score (nSPS) is 23.8. The van der Waals surface area contributed by atoms with Crippen LogP contribution in [0.1, 0.15) is 33.2 Å². The summed E-state index contributed by atoms with van der Waals surface area (Å²) < 4.78 is 7.67. The highest BCUT2D eigenvalue weighted by Gasteiger charge is 2.51. The van der Waals surface area contributed by atoms with Gasteiger partial charge in [-0.2, -0.15) is 0 Å². The number of hydrogen-bond acceptors (Lipinski definition) is 5. The second-order valence-corrected chi connectivity index (χ2v) is 6.05. The van der Waals surface area contributed by atoms with Gasteiger partial charge in [0.25, 0.3) is 0 Å². The number of tetrazole rings is 1. The van der Waals surface area contributed by atoms with E-state index in [2.05, 4.69) is 29.4 Å². The van der Waals surface area contributed by atoms with Crippen LogP contribution in [0.4, 0.5) is 5.69 Å². The van der Waals surface area contributed by atoms with E-state index >= 15 is 0 Å². The molecular formula is C15H21N5O. The number of benzene rings is 1. The van der Waals surface area contributed by atoms with Crippen LogP contribution >= 0.6 is 0 Å². The molecule has 1 heterocycles. The van der Waals surface area contributed by atoms with E-state index in [0.717, 1.165) is 24.4 Å². The predicted octanol–water partition coefficient (Wildman–Crippen LogP) is 2.30. The van der Waals surface area contributed by atoms with Crippen molar-refractivity contribution >= 4 is 5.69 Å². The summed E-state index contributed by atoms with van der Waals surface area (Å²) in [6.07, 6.45) is 1.17. The van der Waals surface area contributed by atoms with E-state index in [1.165, 1.54) is 0 Å². The molecule has 6 heteroatoms. The van der Waals surface area contributed by atoms with Gasteiger partial charge < -0.3 is 10.5 Å². The zero-order chi connectivity index (χ0) is 15.0. The van der Waals surface area contributed by atoms with Crippen molar-refractivity contribution in [2.75, 3.05) is 12.3 Å². The van der Waals surface area contributed by atoms with E-state index in [1.807, 2.05) is 35.9 Å². The zero-order valence-corrected chi connectivity index (χ0v) is 12.7. The Labute approximate surface area is 124 Å². The lowest BCUT2D eigenvalue weighted by Gasteiger charge is -2.51. The minimum absolute atomic E-state index is 0.00365. The monoisotopic (exact) mass is 287 g/mol. The minimum atomic E-state index is 0.00365. The number of aromatic nitrogens is 4. The predicted molar refractivity (Wildman–Crippen MR) is 80.5 cm³/mol. The molecule has 0 amide bonds. The summed E-state index contributed by atoms with van der Waals surface area (Å²) in [6.45, 7) is 7.15. The van der Waals surface area contributed by atoms with Gasteiger partial charge in [-0.15, -0.1) is 5.10 Å². The lowest BCUT2D eigenvalue weighted by Crippen LogP contribution is -2.52. The molecule has 1 aromatic carbocycles. The molecule has 3 rings (SSSR count).